The predicted octanol–water partition coefficient (Wildman–Crippen LogP) is 2.47. The third kappa shape index (κ3) is 4.96. The number of benzene rings is 1. The lowest BCUT2D eigenvalue weighted by molar-refractivity contribution is 0.148. The number of nitrogens with one attached hydrogen (secondary N) is 3. The Hall–Kier alpha value is -2.08. The number of amides is 2. The number of hydrogen-bond donors (Lipinski definition) is 4. The molecule has 6 nitrogen and oxygen atoms in total. The maximum absolute atomic E-state index is 11.8. The van der Waals surface area contributed by atoms with Gasteiger partial charge in [0, 0.05) is 13.2 Å². The Labute approximate surface area is 136 Å². The van der Waals surface area contributed by atoms with Crippen LogP contribution in [-0.2, 0) is 6.54 Å². The first-order valence-electron chi connectivity index (χ1n) is 7.98. The van der Waals surface area contributed by atoms with Gasteiger partial charge in [-0.05, 0) is 36.8 Å². The fraction of sp³-hybridized carbons (Fsp3) is 0.529. The number of hydrogen-bond acceptors (Lipinski definition) is 3. The maximum Gasteiger partial charge on any atom is 0.315 e. The van der Waals surface area contributed by atoms with E-state index in [-0.39, 0.29) is 18.1 Å². The number of aromatic nitrogens is 2. The second-order valence-corrected chi connectivity index (χ2v) is 6.69. The fourth-order valence-electron chi connectivity index (χ4n) is 2.38. The molecule has 0 aliphatic heterocycles. The molecule has 0 atom stereocenters. The molecule has 0 radical (unpaired) electrons. The third-order valence-corrected chi connectivity index (χ3v) is 3.92. The van der Waals surface area contributed by atoms with Crippen molar-refractivity contribution in [3.8, 4) is 0 Å². The van der Waals surface area contributed by atoms with E-state index in [0.717, 1.165) is 35.3 Å². The summed E-state index contributed by atoms with van der Waals surface area (Å²) in [5, 5.41) is 14.8. The van der Waals surface area contributed by atoms with Crippen molar-refractivity contribution in [2.24, 2.45) is 5.41 Å². The molecular formula is C17H26N4O2. The molecule has 0 saturated heterocycles. The molecule has 0 saturated carbocycles. The van der Waals surface area contributed by atoms with Gasteiger partial charge >= 0.3 is 6.03 Å². The number of rotatable bonds is 7. The minimum Gasteiger partial charge on any atom is -0.396 e. The van der Waals surface area contributed by atoms with Crippen molar-refractivity contribution in [1.29, 1.82) is 0 Å². The van der Waals surface area contributed by atoms with Crippen LogP contribution in [0.4, 0.5) is 4.79 Å². The minimum absolute atomic E-state index is 0.0930. The number of aliphatic hydroxyl groups excluding tert-OH is 1. The molecule has 126 valence electrons. The Morgan fingerprint density at radius 3 is 2.83 bits per heavy atom. The van der Waals surface area contributed by atoms with Gasteiger partial charge in [0.1, 0.15) is 5.82 Å². The number of imidazole rings is 1. The Kier molecular flexibility index (Phi) is 5.60. The summed E-state index contributed by atoms with van der Waals surface area (Å²) >= 11 is 0. The van der Waals surface area contributed by atoms with Gasteiger partial charge in [-0.1, -0.05) is 26.0 Å². The number of para-hydroxylation sites is 1. The van der Waals surface area contributed by atoms with Gasteiger partial charge in [0.15, 0.2) is 0 Å². The molecular weight excluding hydrogens is 292 g/mol. The van der Waals surface area contributed by atoms with E-state index >= 15 is 0 Å². The molecule has 2 rings (SSSR count). The van der Waals surface area contributed by atoms with Crippen LogP contribution >= 0.6 is 0 Å². The van der Waals surface area contributed by atoms with E-state index in [2.05, 4.69) is 20.6 Å². The molecule has 1 heterocycles. The van der Waals surface area contributed by atoms with E-state index < -0.39 is 0 Å². The molecule has 1 aromatic heterocycles. The van der Waals surface area contributed by atoms with Crippen LogP contribution in [0.5, 0.6) is 0 Å². The highest BCUT2D eigenvalue weighted by Crippen LogP contribution is 2.20. The highest BCUT2D eigenvalue weighted by molar-refractivity contribution is 5.78. The standard InChI is InChI=1S/C17H26N4O2/c1-12-6-4-7-13-15(12)21-14(20-13)10-19-16(23)18-9-5-8-17(2,3)11-22/h4,6-7,22H,5,8-11H2,1-3H3,(H,20,21)(H2,18,19,23). The molecule has 0 bridgehead atoms. The number of H-pyrrole nitrogens is 1. The smallest absolute Gasteiger partial charge is 0.315 e. The molecule has 4 N–H and O–H groups in total. The number of urea groups is 1. The van der Waals surface area contributed by atoms with Gasteiger partial charge in [0.05, 0.1) is 17.6 Å². The molecule has 0 aliphatic carbocycles. The van der Waals surface area contributed by atoms with Crippen molar-refractivity contribution in [3.05, 3.63) is 29.6 Å². The quantitative estimate of drug-likeness (QED) is 0.591. The van der Waals surface area contributed by atoms with Crippen molar-refractivity contribution in [2.45, 2.75) is 40.2 Å². The number of carbonyl (C=O) groups excluding carboxylic acids is 1. The largest absolute Gasteiger partial charge is 0.396 e. The lowest BCUT2D eigenvalue weighted by Crippen LogP contribution is -2.36. The summed E-state index contributed by atoms with van der Waals surface area (Å²) in [6, 6.07) is 5.76. The Morgan fingerprint density at radius 1 is 1.35 bits per heavy atom. The molecule has 23 heavy (non-hydrogen) atoms. The third-order valence-electron chi connectivity index (χ3n) is 3.92. The highest BCUT2D eigenvalue weighted by Gasteiger charge is 2.15. The van der Waals surface area contributed by atoms with Crippen LogP contribution < -0.4 is 10.6 Å². The van der Waals surface area contributed by atoms with Crippen molar-refractivity contribution in [2.75, 3.05) is 13.2 Å². The van der Waals surface area contributed by atoms with E-state index in [1.807, 2.05) is 39.0 Å². The average Bonchev–Trinajstić information content (AvgIpc) is 2.94. The highest BCUT2D eigenvalue weighted by atomic mass is 16.3. The van der Waals surface area contributed by atoms with Gasteiger partial charge in [-0.2, -0.15) is 0 Å². The summed E-state index contributed by atoms with van der Waals surface area (Å²) in [4.78, 5) is 19.5. The monoisotopic (exact) mass is 318 g/mol. The van der Waals surface area contributed by atoms with Gasteiger partial charge in [-0.15, -0.1) is 0 Å². The first-order valence-corrected chi connectivity index (χ1v) is 7.98. The molecule has 2 aromatic rings. The van der Waals surface area contributed by atoms with Gasteiger partial charge in [0.2, 0.25) is 0 Å². The molecule has 6 heteroatoms. The van der Waals surface area contributed by atoms with E-state index in [9.17, 15) is 9.90 Å². The molecule has 0 aliphatic rings. The summed E-state index contributed by atoms with van der Waals surface area (Å²) in [5.41, 5.74) is 2.94. The summed E-state index contributed by atoms with van der Waals surface area (Å²) < 4.78 is 0. The second-order valence-electron chi connectivity index (χ2n) is 6.69. The van der Waals surface area contributed by atoms with E-state index in [1.54, 1.807) is 0 Å². The van der Waals surface area contributed by atoms with Gasteiger partial charge in [-0.3, -0.25) is 0 Å². The molecule has 0 unspecified atom stereocenters. The summed E-state index contributed by atoms with van der Waals surface area (Å²) in [6.45, 7) is 7.15. The number of aliphatic hydroxyl groups is 1. The van der Waals surface area contributed by atoms with E-state index in [1.165, 1.54) is 0 Å². The molecule has 2 amide bonds. The van der Waals surface area contributed by atoms with Crippen LogP contribution in [0.3, 0.4) is 0 Å². The zero-order valence-corrected chi connectivity index (χ0v) is 14.1. The SMILES string of the molecule is Cc1cccc2[nH]c(CNC(=O)NCCCC(C)(C)CO)nc12. The number of fused-ring (bicyclic) bond motifs is 1. The zero-order chi connectivity index (χ0) is 16.9. The number of nitrogens with zero attached hydrogens (tertiary/aromatic N) is 1. The van der Waals surface area contributed by atoms with Gasteiger partial charge in [0.25, 0.3) is 0 Å². The fourth-order valence-corrected chi connectivity index (χ4v) is 2.38. The summed E-state index contributed by atoms with van der Waals surface area (Å²) in [5.74, 6) is 0.742. The van der Waals surface area contributed by atoms with Crippen molar-refractivity contribution < 1.29 is 9.90 Å². The maximum atomic E-state index is 11.8. The lowest BCUT2D eigenvalue weighted by atomic mass is 9.89. The van der Waals surface area contributed by atoms with Gasteiger partial charge in [-0.25, -0.2) is 9.78 Å². The Balaban J connectivity index is 1.74. The number of carbonyl (C=O) groups is 1. The second kappa shape index (κ2) is 7.46. The summed E-state index contributed by atoms with van der Waals surface area (Å²) in [6.07, 6.45) is 1.71. The van der Waals surface area contributed by atoms with E-state index in [4.69, 9.17) is 0 Å². The minimum atomic E-state index is -0.205. The molecule has 0 spiro atoms. The van der Waals surface area contributed by atoms with Crippen LogP contribution in [0.25, 0.3) is 11.0 Å². The van der Waals surface area contributed by atoms with Crippen LogP contribution in [-0.4, -0.2) is 34.3 Å². The molecule has 0 fully saturated rings. The van der Waals surface area contributed by atoms with Crippen molar-refractivity contribution in [3.63, 3.8) is 0 Å². The summed E-state index contributed by atoms with van der Waals surface area (Å²) in [7, 11) is 0. The van der Waals surface area contributed by atoms with Crippen LogP contribution in [0, 0.1) is 12.3 Å². The average molecular weight is 318 g/mol. The van der Waals surface area contributed by atoms with Crippen molar-refractivity contribution in [1.82, 2.24) is 20.6 Å². The van der Waals surface area contributed by atoms with Gasteiger partial charge < -0.3 is 20.7 Å². The number of aromatic amines is 1. The van der Waals surface area contributed by atoms with E-state index in [0.29, 0.717) is 13.1 Å². The van der Waals surface area contributed by atoms with Crippen LogP contribution in [0.1, 0.15) is 38.1 Å². The topological polar surface area (TPSA) is 90.0 Å². The van der Waals surface area contributed by atoms with Crippen molar-refractivity contribution >= 4 is 17.1 Å². The van der Waals surface area contributed by atoms with Crippen LogP contribution in [0.15, 0.2) is 18.2 Å². The first-order chi connectivity index (χ1) is 10.9. The zero-order valence-electron chi connectivity index (χ0n) is 14.1. The lowest BCUT2D eigenvalue weighted by Gasteiger charge is -2.21. The predicted molar refractivity (Wildman–Crippen MR) is 91.2 cm³/mol. The molecule has 1 aromatic carbocycles. The van der Waals surface area contributed by atoms with Crippen LogP contribution in [0.2, 0.25) is 0 Å². The first kappa shape index (κ1) is 17.3. The Bertz CT molecular complexity index is 664. The number of aryl methyl sites for hydroxylation is 1. The Morgan fingerprint density at radius 2 is 2.13 bits per heavy atom. The normalized spacial score (nSPS) is 11.7.